The normalized spacial score (nSPS) is 10.2. The number of nitrogens with zero attached hydrogens (tertiary/aromatic N) is 1. The lowest BCUT2D eigenvalue weighted by Crippen LogP contribution is -2.42. The van der Waals surface area contributed by atoms with Gasteiger partial charge in [0.25, 0.3) is 5.91 Å². The fourth-order valence-corrected chi connectivity index (χ4v) is 2.60. The third kappa shape index (κ3) is 5.55. The number of amides is 1. The molecule has 0 aliphatic heterocycles. The van der Waals surface area contributed by atoms with E-state index in [1.165, 1.54) is 0 Å². The smallest absolute Gasteiger partial charge is 0.257 e. The van der Waals surface area contributed by atoms with Crippen molar-refractivity contribution in [3.8, 4) is 5.75 Å². The Hall–Kier alpha value is -1.18. The molecule has 0 bridgehead atoms. The van der Waals surface area contributed by atoms with E-state index in [9.17, 15) is 4.79 Å². The molecule has 1 aromatic rings. The van der Waals surface area contributed by atoms with Gasteiger partial charge in [0.2, 0.25) is 0 Å². The summed E-state index contributed by atoms with van der Waals surface area (Å²) in [5.74, 6) is 0.431. The lowest BCUT2D eigenvalue weighted by molar-refractivity contribution is 0.0973. The molecule has 0 unspecified atom stereocenters. The number of thiocarbonyl (C=S) groups is 1. The third-order valence-electron chi connectivity index (χ3n) is 3.01. The number of nitrogens with one attached hydrogen (secondary N) is 1. The van der Waals surface area contributed by atoms with Crippen LogP contribution in [0.5, 0.6) is 5.75 Å². The number of rotatable bonds is 7. The zero-order chi connectivity index (χ0) is 16.5. The van der Waals surface area contributed by atoms with E-state index in [-0.39, 0.29) is 5.91 Å². The first kappa shape index (κ1) is 18.9. The Labute approximate surface area is 145 Å². The minimum absolute atomic E-state index is 0.235. The number of ether oxygens (including phenoxy) is 2. The quantitative estimate of drug-likeness (QED) is 0.574. The molecule has 1 rings (SSSR count). The second-order valence-corrected chi connectivity index (χ2v) is 5.66. The second-order valence-electron chi connectivity index (χ2n) is 4.42. The Bertz CT molecular complexity index is 522. The van der Waals surface area contributed by atoms with Gasteiger partial charge in [0.1, 0.15) is 12.4 Å². The molecule has 122 valence electrons. The van der Waals surface area contributed by atoms with Crippen molar-refractivity contribution in [3.63, 3.8) is 0 Å². The summed E-state index contributed by atoms with van der Waals surface area (Å²) in [7, 11) is 1.62. The zero-order valence-electron chi connectivity index (χ0n) is 13.0. The van der Waals surface area contributed by atoms with E-state index in [0.29, 0.717) is 34.1 Å². The number of methoxy groups -OCH3 is 1. The van der Waals surface area contributed by atoms with Crippen molar-refractivity contribution in [2.75, 3.05) is 33.4 Å². The van der Waals surface area contributed by atoms with E-state index in [4.69, 9.17) is 21.7 Å². The fraction of sp³-hybridized carbons (Fsp3) is 0.467. The molecule has 5 nitrogen and oxygen atoms in total. The molecule has 0 radical (unpaired) electrons. The van der Waals surface area contributed by atoms with Gasteiger partial charge in [-0.25, -0.2) is 0 Å². The van der Waals surface area contributed by atoms with Gasteiger partial charge in [-0.2, -0.15) is 0 Å². The Morgan fingerprint density at radius 3 is 2.55 bits per heavy atom. The van der Waals surface area contributed by atoms with Gasteiger partial charge in [0.15, 0.2) is 5.11 Å². The van der Waals surface area contributed by atoms with Crippen LogP contribution in [-0.4, -0.2) is 49.3 Å². The molecular formula is C15H21BrN2O3S. The summed E-state index contributed by atoms with van der Waals surface area (Å²) < 4.78 is 11.2. The molecule has 0 spiro atoms. The molecule has 0 atom stereocenters. The minimum atomic E-state index is -0.235. The van der Waals surface area contributed by atoms with Gasteiger partial charge in [-0.1, -0.05) is 0 Å². The highest BCUT2D eigenvalue weighted by atomic mass is 79.9. The molecule has 1 N–H and O–H groups in total. The van der Waals surface area contributed by atoms with Crippen LogP contribution < -0.4 is 10.1 Å². The van der Waals surface area contributed by atoms with Crippen molar-refractivity contribution < 1.29 is 14.3 Å². The van der Waals surface area contributed by atoms with Gasteiger partial charge >= 0.3 is 0 Å². The third-order valence-corrected chi connectivity index (χ3v) is 3.99. The lowest BCUT2D eigenvalue weighted by atomic mass is 10.2. The van der Waals surface area contributed by atoms with Crippen LogP contribution in [0.3, 0.4) is 0 Å². The molecule has 1 amide bonds. The van der Waals surface area contributed by atoms with Crippen LogP contribution in [0, 0.1) is 0 Å². The fourth-order valence-electron chi connectivity index (χ4n) is 1.75. The van der Waals surface area contributed by atoms with E-state index in [1.807, 2.05) is 18.7 Å². The Morgan fingerprint density at radius 1 is 1.32 bits per heavy atom. The average molecular weight is 389 g/mol. The first-order valence-corrected chi connectivity index (χ1v) is 8.25. The number of carbonyl (C=O) groups excluding carboxylic acids is 1. The van der Waals surface area contributed by atoms with Crippen LogP contribution in [0.15, 0.2) is 22.7 Å². The molecule has 0 saturated heterocycles. The predicted molar refractivity (Wildman–Crippen MR) is 94.5 cm³/mol. The van der Waals surface area contributed by atoms with Gasteiger partial charge in [-0.05, 0) is 60.2 Å². The van der Waals surface area contributed by atoms with Gasteiger partial charge < -0.3 is 14.4 Å². The summed E-state index contributed by atoms with van der Waals surface area (Å²) in [5.41, 5.74) is 0.514. The molecule has 0 aliphatic rings. The molecule has 0 fully saturated rings. The van der Waals surface area contributed by atoms with Crippen molar-refractivity contribution in [3.05, 3.63) is 28.2 Å². The summed E-state index contributed by atoms with van der Waals surface area (Å²) in [4.78, 5) is 14.1. The molecule has 7 heteroatoms. The van der Waals surface area contributed by atoms with Crippen LogP contribution in [0.4, 0.5) is 0 Å². The molecule has 22 heavy (non-hydrogen) atoms. The molecule has 1 aromatic carbocycles. The van der Waals surface area contributed by atoms with Crippen LogP contribution >= 0.6 is 28.1 Å². The summed E-state index contributed by atoms with van der Waals surface area (Å²) in [5, 5.41) is 3.17. The van der Waals surface area contributed by atoms with Crippen molar-refractivity contribution in [2.45, 2.75) is 13.8 Å². The lowest BCUT2D eigenvalue weighted by Gasteiger charge is -2.21. The van der Waals surface area contributed by atoms with Crippen molar-refractivity contribution in [1.29, 1.82) is 0 Å². The number of halogens is 1. The predicted octanol–water partition coefficient (Wildman–Crippen LogP) is 2.83. The summed E-state index contributed by atoms with van der Waals surface area (Å²) in [6.45, 7) is 6.45. The van der Waals surface area contributed by atoms with Gasteiger partial charge in [0, 0.05) is 25.8 Å². The summed E-state index contributed by atoms with van der Waals surface area (Å²) >= 11 is 8.62. The van der Waals surface area contributed by atoms with E-state index in [1.54, 1.807) is 25.3 Å². The molecular weight excluding hydrogens is 368 g/mol. The number of carbonyl (C=O) groups is 1. The molecule has 0 saturated carbocycles. The maximum atomic E-state index is 12.2. The Balaban J connectivity index is 2.70. The van der Waals surface area contributed by atoms with Gasteiger partial charge in [0.05, 0.1) is 11.1 Å². The second kappa shape index (κ2) is 9.76. The van der Waals surface area contributed by atoms with E-state index in [0.717, 1.165) is 13.1 Å². The van der Waals surface area contributed by atoms with Gasteiger partial charge in [-0.3, -0.25) is 10.1 Å². The van der Waals surface area contributed by atoms with Gasteiger partial charge in [-0.15, -0.1) is 0 Å². The largest absolute Gasteiger partial charge is 0.490 e. The monoisotopic (exact) mass is 388 g/mol. The Kier molecular flexibility index (Phi) is 8.37. The molecule has 0 heterocycles. The topological polar surface area (TPSA) is 50.8 Å². The summed E-state index contributed by atoms with van der Waals surface area (Å²) in [6.07, 6.45) is 0. The zero-order valence-corrected chi connectivity index (χ0v) is 15.4. The van der Waals surface area contributed by atoms with E-state index in [2.05, 4.69) is 21.2 Å². The first-order valence-electron chi connectivity index (χ1n) is 7.05. The number of hydrogen-bond acceptors (Lipinski definition) is 4. The van der Waals surface area contributed by atoms with E-state index < -0.39 is 0 Å². The summed E-state index contributed by atoms with van der Waals surface area (Å²) in [6, 6.07) is 5.16. The average Bonchev–Trinajstić information content (AvgIpc) is 2.50. The highest BCUT2D eigenvalue weighted by molar-refractivity contribution is 9.10. The Morgan fingerprint density at radius 2 is 2.00 bits per heavy atom. The standard InChI is InChI=1S/C15H21BrN2O3S/c1-4-18(5-2)15(22)17-14(19)11-6-7-13(12(16)10-11)21-9-8-20-3/h6-7,10H,4-5,8-9H2,1-3H3,(H,17,19,22). The maximum Gasteiger partial charge on any atom is 0.257 e. The van der Waals surface area contributed by atoms with Crippen molar-refractivity contribution >= 4 is 39.2 Å². The van der Waals surface area contributed by atoms with Crippen molar-refractivity contribution in [2.24, 2.45) is 0 Å². The van der Waals surface area contributed by atoms with E-state index >= 15 is 0 Å². The van der Waals surface area contributed by atoms with Crippen LogP contribution in [0.2, 0.25) is 0 Å². The van der Waals surface area contributed by atoms with Crippen LogP contribution in [0.25, 0.3) is 0 Å². The highest BCUT2D eigenvalue weighted by Crippen LogP contribution is 2.26. The number of hydrogen-bond donors (Lipinski definition) is 1. The SMILES string of the molecule is CCN(CC)C(=S)NC(=O)c1ccc(OCCOC)c(Br)c1. The minimum Gasteiger partial charge on any atom is -0.490 e. The highest BCUT2D eigenvalue weighted by Gasteiger charge is 2.13. The first-order chi connectivity index (χ1) is 10.5. The van der Waals surface area contributed by atoms with Crippen LogP contribution in [0.1, 0.15) is 24.2 Å². The molecule has 0 aliphatic carbocycles. The van der Waals surface area contributed by atoms with Crippen LogP contribution in [-0.2, 0) is 4.74 Å². The molecule has 0 aromatic heterocycles. The number of benzene rings is 1. The van der Waals surface area contributed by atoms with Crippen molar-refractivity contribution in [1.82, 2.24) is 10.2 Å². The maximum absolute atomic E-state index is 12.2.